The molecule has 27 heavy (non-hydrogen) atoms. The molecule has 5 nitrogen and oxygen atoms in total. The Morgan fingerprint density at radius 3 is 2.30 bits per heavy atom. The van der Waals surface area contributed by atoms with Gasteiger partial charge in [0, 0.05) is 23.7 Å². The van der Waals surface area contributed by atoms with Crippen LogP contribution in [-0.2, 0) is 9.53 Å². The number of ketones is 1. The van der Waals surface area contributed by atoms with Crippen molar-refractivity contribution in [2.75, 3.05) is 19.7 Å². The number of halogens is 2. The fourth-order valence-electron chi connectivity index (χ4n) is 2.88. The third kappa shape index (κ3) is 5.09. The SMILES string of the molecule is O=C(COC(=O)C1CCN(C(=O)c2ccc(Cl)cc2)CC1)c1ccc(Cl)s1. The van der Waals surface area contributed by atoms with Crippen LogP contribution in [0.3, 0.4) is 0 Å². The van der Waals surface area contributed by atoms with Crippen LogP contribution in [0.4, 0.5) is 0 Å². The molecule has 1 aliphatic rings. The topological polar surface area (TPSA) is 63.7 Å². The first-order valence-electron chi connectivity index (χ1n) is 8.44. The van der Waals surface area contributed by atoms with Crippen molar-refractivity contribution in [3.8, 4) is 0 Å². The van der Waals surface area contributed by atoms with Gasteiger partial charge in [-0.3, -0.25) is 14.4 Å². The second kappa shape index (κ2) is 8.87. The van der Waals surface area contributed by atoms with Gasteiger partial charge in [0.1, 0.15) is 0 Å². The number of carbonyl (C=O) groups is 3. The molecule has 0 radical (unpaired) electrons. The van der Waals surface area contributed by atoms with E-state index >= 15 is 0 Å². The van der Waals surface area contributed by atoms with Crippen molar-refractivity contribution in [3.63, 3.8) is 0 Å². The van der Waals surface area contributed by atoms with Gasteiger partial charge in [0.05, 0.1) is 15.1 Å². The summed E-state index contributed by atoms with van der Waals surface area (Å²) in [5, 5.41) is 0.576. The first kappa shape index (κ1) is 19.9. The lowest BCUT2D eigenvalue weighted by atomic mass is 9.96. The molecule has 0 aliphatic carbocycles. The second-order valence-corrected chi connectivity index (χ2v) is 8.36. The molecule has 2 aromatic rings. The molecule has 0 bridgehead atoms. The molecular formula is C19H17Cl2NO4S. The van der Waals surface area contributed by atoms with Crippen molar-refractivity contribution in [2.24, 2.45) is 5.92 Å². The van der Waals surface area contributed by atoms with Crippen LogP contribution >= 0.6 is 34.5 Å². The fourth-order valence-corrected chi connectivity index (χ4v) is 3.98. The molecule has 0 N–H and O–H groups in total. The summed E-state index contributed by atoms with van der Waals surface area (Å²) in [5.41, 5.74) is 0.570. The highest BCUT2D eigenvalue weighted by Crippen LogP contribution is 2.23. The lowest BCUT2D eigenvalue weighted by molar-refractivity contribution is -0.148. The van der Waals surface area contributed by atoms with Crippen molar-refractivity contribution >= 4 is 52.2 Å². The molecule has 2 heterocycles. The smallest absolute Gasteiger partial charge is 0.309 e. The monoisotopic (exact) mass is 425 g/mol. The summed E-state index contributed by atoms with van der Waals surface area (Å²) in [6, 6.07) is 9.98. The Labute approximate surface area is 170 Å². The van der Waals surface area contributed by atoms with Crippen LogP contribution in [0, 0.1) is 5.92 Å². The minimum Gasteiger partial charge on any atom is -0.457 e. The number of amides is 1. The average molecular weight is 426 g/mol. The van der Waals surface area contributed by atoms with Crippen molar-refractivity contribution in [3.05, 3.63) is 56.2 Å². The largest absolute Gasteiger partial charge is 0.457 e. The summed E-state index contributed by atoms with van der Waals surface area (Å²) < 4.78 is 5.67. The molecule has 3 rings (SSSR count). The van der Waals surface area contributed by atoms with Gasteiger partial charge >= 0.3 is 5.97 Å². The van der Waals surface area contributed by atoms with Crippen LogP contribution < -0.4 is 0 Å². The van der Waals surface area contributed by atoms with Gasteiger partial charge in [-0.15, -0.1) is 11.3 Å². The first-order valence-corrected chi connectivity index (χ1v) is 10.0. The van der Waals surface area contributed by atoms with Crippen molar-refractivity contribution in [1.29, 1.82) is 0 Å². The maximum absolute atomic E-state index is 12.5. The Hall–Kier alpha value is -1.89. The van der Waals surface area contributed by atoms with Gasteiger partial charge in [-0.05, 0) is 49.2 Å². The Morgan fingerprint density at radius 1 is 1.04 bits per heavy atom. The number of benzene rings is 1. The lowest BCUT2D eigenvalue weighted by Gasteiger charge is -2.31. The van der Waals surface area contributed by atoms with E-state index in [2.05, 4.69) is 0 Å². The van der Waals surface area contributed by atoms with Gasteiger partial charge in [-0.2, -0.15) is 0 Å². The minimum absolute atomic E-state index is 0.0803. The van der Waals surface area contributed by atoms with Crippen LogP contribution in [0.25, 0.3) is 0 Å². The quantitative estimate of drug-likeness (QED) is 0.527. The summed E-state index contributed by atoms with van der Waals surface area (Å²) >= 11 is 12.8. The number of piperidine rings is 1. The number of rotatable bonds is 5. The number of nitrogens with zero attached hydrogens (tertiary/aromatic N) is 1. The zero-order valence-electron chi connectivity index (χ0n) is 14.3. The highest BCUT2D eigenvalue weighted by atomic mass is 35.5. The number of esters is 1. The molecule has 1 amide bonds. The maximum Gasteiger partial charge on any atom is 0.309 e. The number of ether oxygens (including phenoxy) is 1. The second-order valence-electron chi connectivity index (χ2n) is 6.21. The van der Waals surface area contributed by atoms with Gasteiger partial charge in [0.15, 0.2) is 6.61 Å². The zero-order chi connectivity index (χ0) is 19.4. The highest BCUT2D eigenvalue weighted by molar-refractivity contribution is 7.18. The molecule has 1 aromatic carbocycles. The molecule has 0 spiro atoms. The van der Waals surface area contributed by atoms with E-state index in [4.69, 9.17) is 27.9 Å². The van der Waals surface area contributed by atoms with E-state index in [1.165, 1.54) is 0 Å². The van der Waals surface area contributed by atoms with Crippen LogP contribution in [-0.4, -0.2) is 42.3 Å². The summed E-state index contributed by atoms with van der Waals surface area (Å²) in [6.07, 6.45) is 1.02. The Kier molecular flexibility index (Phi) is 6.52. The van der Waals surface area contributed by atoms with Crippen LogP contribution in [0.2, 0.25) is 9.36 Å². The van der Waals surface area contributed by atoms with E-state index in [0.29, 0.717) is 45.7 Å². The van der Waals surface area contributed by atoms with E-state index in [-0.39, 0.29) is 24.2 Å². The van der Waals surface area contributed by atoms with Crippen LogP contribution in [0.5, 0.6) is 0 Å². The number of Topliss-reactive ketones (excluding diaryl/α,β-unsaturated/α-hetero) is 1. The van der Waals surface area contributed by atoms with Crippen molar-refractivity contribution < 1.29 is 19.1 Å². The van der Waals surface area contributed by atoms with Gasteiger partial charge in [-0.1, -0.05) is 23.2 Å². The van der Waals surface area contributed by atoms with E-state index in [1.807, 2.05) is 0 Å². The molecular weight excluding hydrogens is 409 g/mol. The fraction of sp³-hybridized carbons (Fsp3) is 0.316. The number of carbonyl (C=O) groups excluding carboxylic acids is 3. The summed E-state index contributed by atoms with van der Waals surface area (Å²) in [4.78, 5) is 38.8. The predicted molar refractivity (Wildman–Crippen MR) is 105 cm³/mol. The normalized spacial score (nSPS) is 14.8. The third-order valence-electron chi connectivity index (χ3n) is 4.40. The minimum atomic E-state index is -0.399. The van der Waals surface area contributed by atoms with Gasteiger partial charge in [-0.25, -0.2) is 0 Å². The molecule has 1 aliphatic heterocycles. The summed E-state index contributed by atoms with van der Waals surface area (Å²) in [5.74, 6) is -1.05. The van der Waals surface area contributed by atoms with E-state index in [0.717, 1.165) is 11.3 Å². The Balaban J connectivity index is 1.47. The standard InChI is InChI=1S/C19H17Cl2NO4S/c20-14-3-1-12(2-4-14)18(24)22-9-7-13(8-10-22)19(25)26-11-15(23)16-5-6-17(21)27-16/h1-6,13H,7-11H2. The maximum atomic E-state index is 12.5. The van der Waals surface area contributed by atoms with Gasteiger partial charge in [0.2, 0.25) is 5.78 Å². The summed E-state index contributed by atoms with van der Waals surface area (Å²) in [7, 11) is 0. The molecule has 0 atom stereocenters. The highest BCUT2D eigenvalue weighted by Gasteiger charge is 2.29. The molecule has 0 saturated carbocycles. The molecule has 1 aromatic heterocycles. The average Bonchev–Trinajstić information content (AvgIpc) is 3.12. The van der Waals surface area contributed by atoms with Crippen LogP contribution in [0.1, 0.15) is 32.9 Å². The Bertz CT molecular complexity index is 842. The third-order valence-corrected chi connectivity index (χ3v) is 5.92. The molecule has 0 unspecified atom stereocenters. The first-order chi connectivity index (χ1) is 12.9. The molecule has 1 saturated heterocycles. The van der Waals surface area contributed by atoms with Gasteiger partial charge < -0.3 is 9.64 Å². The Morgan fingerprint density at radius 2 is 1.70 bits per heavy atom. The van der Waals surface area contributed by atoms with E-state index < -0.39 is 5.97 Å². The predicted octanol–water partition coefficient (Wildman–Crippen LogP) is 4.33. The number of thiophene rings is 1. The van der Waals surface area contributed by atoms with Crippen molar-refractivity contribution in [2.45, 2.75) is 12.8 Å². The van der Waals surface area contributed by atoms with Gasteiger partial charge in [0.25, 0.3) is 5.91 Å². The number of likely N-dealkylation sites (tertiary alicyclic amines) is 1. The van der Waals surface area contributed by atoms with E-state index in [9.17, 15) is 14.4 Å². The zero-order valence-corrected chi connectivity index (χ0v) is 16.6. The molecule has 142 valence electrons. The number of hydrogen-bond acceptors (Lipinski definition) is 5. The molecule has 1 fully saturated rings. The summed E-state index contributed by atoms with van der Waals surface area (Å²) in [6.45, 7) is 0.644. The van der Waals surface area contributed by atoms with E-state index in [1.54, 1.807) is 41.3 Å². The molecule has 8 heteroatoms. The van der Waals surface area contributed by atoms with Crippen LogP contribution in [0.15, 0.2) is 36.4 Å². The van der Waals surface area contributed by atoms with Crippen molar-refractivity contribution in [1.82, 2.24) is 4.90 Å². The lowest BCUT2D eigenvalue weighted by Crippen LogP contribution is -2.40. The number of hydrogen-bond donors (Lipinski definition) is 0.